The van der Waals surface area contributed by atoms with E-state index >= 15 is 0 Å². The molecule has 13 heavy (non-hydrogen) atoms. The summed E-state index contributed by atoms with van der Waals surface area (Å²) in [7, 11) is -1.47. The molecule has 1 rings (SSSR count). The highest BCUT2D eigenvalue weighted by Gasteiger charge is 2.17. The molecule has 0 aliphatic rings. The normalized spacial score (nSPS) is 12.4. The van der Waals surface area contributed by atoms with Crippen LogP contribution in [-0.2, 0) is 16.9 Å². The van der Waals surface area contributed by atoms with Crippen molar-refractivity contribution in [2.24, 2.45) is 7.05 Å². The van der Waals surface area contributed by atoms with Crippen LogP contribution in [0.4, 0.5) is 0 Å². The molecule has 1 heterocycles. The zero-order valence-corrected chi connectivity index (χ0v) is 9.09. The first-order valence-corrected chi connectivity index (χ1v) is 5.95. The molecule has 0 aliphatic heterocycles. The van der Waals surface area contributed by atoms with Gasteiger partial charge in [0.2, 0.25) is 15.0 Å². The summed E-state index contributed by atoms with van der Waals surface area (Å²) in [6.07, 6.45) is 2.78. The van der Waals surface area contributed by atoms with E-state index in [0.717, 1.165) is 5.69 Å². The van der Waals surface area contributed by atoms with E-state index in [2.05, 4.69) is 4.98 Å². The van der Waals surface area contributed by atoms with Gasteiger partial charge in [0.1, 0.15) is 0 Å². The van der Waals surface area contributed by atoms with Gasteiger partial charge in [0.25, 0.3) is 0 Å². The third kappa shape index (κ3) is 1.91. The highest BCUT2D eigenvalue weighted by atomic mass is 32.2. The van der Waals surface area contributed by atoms with Crippen LogP contribution in [0.3, 0.4) is 0 Å². The Kier molecular flexibility index (Phi) is 2.47. The minimum Gasteiger partial charge on any atom is -0.322 e. The van der Waals surface area contributed by atoms with Crippen LogP contribution >= 0.6 is 0 Å². The van der Waals surface area contributed by atoms with Crippen molar-refractivity contribution in [2.75, 3.05) is 6.26 Å². The van der Waals surface area contributed by atoms with Crippen LogP contribution in [0, 0.1) is 0 Å². The number of aromatic nitrogens is 2. The van der Waals surface area contributed by atoms with Crippen molar-refractivity contribution in [1.29, 1.82) is 0 Å². The van der Waals surface area contributed by atoms with Crippen molar-refractivity contribution in [3.63, 3.8) is 0 Å². The Morgan fingerprint density at radius 3 is 2.23 bits per heavy atom. The van der Waals surface area contributed by atoms with Crippen LogP contribution < -0.4 is 0 Å². The predicted molar refractivity (Wildman–Crippen MR) is 50.4 cm³/mol. The van der Waals surface area contributed by atoms with Crippen molar-refractivity contribution >= 4 is 9.84 Å². The second-order valence-corrected chi connectivity index (χ2v) is 5.36. The number of sulfone groups is 1. The molecule has 0 aromatic carbocycles. The molecule has 0 spiro atoms. The Morgan fingerprint density at radius 1 is 1.46 bits per heavy atom. The molecular weight excluding hydrogens is 188 g/mol. The third-order valence-electron chi connectivity index (χ3n) is 1.90. The number of imidazole rings is 1. The summed E-state index contributed by atoms with van der Waals surface area (Å²) in [6.45, 7) is 4.01. The Balaban J connectivity index is 3.30. The van der Waals surface area contributed by atoms with E-state index < -0.39 is 9.84 Å². The molecule has 0 atom stereocenters. The summed E-state index contributed by atoms with van der Waals surface area (Å²) in [5.74, 6) is 0.285. The lowest BCUT2D eigenvalue weighted by Gasteiger charge is -2.06. The fraction of sp³-hybridized carbons (Fsp3) is 0.625. The zero-order chi connectivity index (χ0) is 10.2. The fourth-order valence-electron chi connectivity index (χ4n) is 1.29. The van der Waals surface area contributed by atoms with Crippen LogP contribution in [-0.4, -0.2) is 24.2 Å². The number of nitrogens with zero attached hydrogens (tertiary/aromatic N) is 2. The number of hydrogen-bond acceptors (Lipinski definition) is 3. The molecule has 0 saturated carbocycles. The molecule has 4 nitrogen and oxygen atoms in total. The van der Waals surface area contributed by atoms with Gasteiger partial charge >= 0.3 is 0 Å². The van der Waals surface area contributed by atoms with E-state index in [4.69, 9.17) is 0 Å². The minimum atomic E-state index is -3.19. The first kappa shape index (κ1) is 10.2. The first-order valence-electron chi connectivity index (χ1n) is 4.05. The van der Waals surface area contributed by atoms with Gasteiger partial charge in [0, 0.05) is 25.2 Å². The second-order valence-electron chi connectivity index (χ2n) is 3.45. The van der Waals surface area contributed by atoms with Crippen LogP contribution in [0.25, 0.3) is 0 Å². The third-order valence-corrected chi connectivity index (χ3v) is 2.95. The first-order chi connectivity index (χ1) is 5.84. The van der Waals surface area contributed by atoms with E-state index in [1.807, 2.05) is 13.8 Å². The second kappa shape index (κ2) is 3.14. The molecule has 0 aliphatic carbocycles. The largest absolute Gasteiger partial charge is 0.322 e. The van der Waals surface area contributed by atoms with E-state index in [0.29, 0.717) is 0 Å². The predicted octanol–water partition coefficient (Wildman–Crippen LogP) is 0.947. The summed E-state index contributed by atoms with van der Waals surface area (Å²) >= 11 is 0. The summed E-state index contributed by atoms with van der Waals surface area (Å²) in [4.78, 5) is 3.88. The lowest BCUT2D eigenvalue weighted by Crippen LogP contribution is -2.08. The number of hydrogen-bond donors (Lipinski definition) is 0. The average molecular weight is 202 g/mol. The van der Waals surface area contributed by atoms with Gasteiger partial charge in [-0.1, -0.05) is 13.8 Å². The van der Waals surface area contributed by atoms with E-state index in [9.17, 15) is 8.42 Å². The van der Waals surface area contributed by atoms with Gasteiger partial charge in [-0.3, -0.25) is 0 Å². The van der Waals surface area contributed by atoms with Crippen molar-refractivity contribution in [1.82, 2.24) is 9.55 Å². The van der Waals surface area contributed by atoms with Crippen LogP contribution in [0.1, 0.15) is 25.5 Å². The molecule has 0 saturated heterocycles. The quantitative estimate of drug-likeness (QED) is 0.717. The van der Waals surface area contributed by atoms with Crippen LogP contribution in [0.5, 0.6) is 0 Å². The van der Waals surface area contributed by atoms with E-state index in [1.54, 1.807) is 17.8 Å². The molecule has 74 valence electrons. The SMILES string of the molecule is CC(C)c1cnc(S(C)(=O)=O)n1C. The zero-order valence-electron chi connectivity index (χ0n) is 8.27. The molecule has 0 radical (unpaired) electrons. The molecule has 1 aromatic heterocycles. The Labute approximate surface area is 78.5 Å². The maximum atomic E-state index is 11.2. The van der Waals surface area contributed by atoms with Gasteiger partial charge in [0.15, 0.2) is 0 Å². The van der Waals surface area contributed by atoms with Gasteiger partial charge in [-0.2, -0.15) is 0 Å². The monoisotopic (exact) mass is 202 g/mol. The molecule has 1 aromatic rings. The summed E-state index contributed by atoms with van der Waals surface area (Å²) < 4.78 is 24.0. The maximum absolute atomic E-state index is 11.2. The highest BCUT2D eigenvalue weighted by molar-refractivity contribution is 7.90. The Bertz CT molecular complexity index is 404. The molecule has 0 bridgehead atoms. The van der Waals surface area contributed by atoms with Gasteiger partial charge < -0.3 is 4.57 Å². The van der Waals surface area contributed by atoms with E-state index in [1.165, 1.54) is 6.26 Å². The van der Waals surface area contributed by atoms with Crippen LogP contribution in [0.2, 0.25) is 0 Å². The number of rotatable bonds is 2. The lowest BCUT2D eigenvalue weighted by atomic mass is 10.1. The standard InChI is InChI=1S/C8H14N2O2S/c1-6(2)7-5-9-8(10(7)3)13(4,11)12/h5-6H,1-4H3. The Morgan fingerprint density at radius 2 is 2.00 bits per heavy atom. The van der Waals surface area contributed by atoms with Crippen molar-refractivity contribution in [3.8, 4) is 0 Å². The topological polar surface area (TPSA) is 52.0 Å². The lowest BCUT2D eigenvalue weighted by molar-refractivity contribution is 0.580. The van der Waals surface area contributed by atoms with Crippen molar-refractivity contribution < 1.29 is 8.42 Å². The summed E-state index contributed by atoms with van der Waals surface area (Å²) in [5, 5.41) is 0.135. The van der Waals surface area contributed by atoms with Gasteiger partial charge in [-0.15, -0.1) is 0 Å². The smallest absolute Gasteiger partial charge is 0.227 e. The van der Waals surface area contributed by atoms with Crippen LogP contribution in [0.15, 0.2) is 11.4 Å². The summed E-state index contributed by atoms with van der Waals surface area (Å²) in [6, 6.07) is 0. The van der Waals surface area contributed by atoms with Gasteiger partial charge in [-0.25, -0.2) is 13.4 Å². The minimum absolute atomic E-state index is 0.135. The molecule has 0 fully saturated rings. The maximum Gasteiger partial charge on any atom is 0.227 e. The molecule has 0 unspecified atom stereocenters. The fourth-order valence-corrected chi connectivity index (χ4v) is 2.13. The van der Waals surface area contributed by atoms with Crippen molar-refractivity contribution in [3.05, 3.63) is 11.9 Å². The molecular formula is C8H14N2O2S. The van der Waals surface area contributed by atoms with Crippen molar-refractivity contribution in [2.45, 2.75) is 24.9 Å². The average Bonchev–Trinajstić information content (AvgIpc) is 2.28. The highest BCUT2D eigenvalue weighted by Crippen LogP contribution is 2.16. The van der Waals surface area contributed by atoms with Gasteiger partial charge in [0.05, 0.1) is 0 Å². The summed E-state index contributed by atoms with van der Waals surface area (Å²) in [5.41, 5.74) is 0.931. The Hall–Kier alpha value is -0.840. The van der Waals surface area contributed by atoms with Gasteiger partial charge in [-0.05, 0) is 5.92 Å². The molecule has 0 amide bonds. The molecule has 0 N–H and O–H groups in total. The van der Waals surface area contributed by atoms with E-state index in [-0.39, 0.29) is 11.1 Å². The molecule has 5 heteroatoms.